The molecule has 0 fully saturated rings. The fourth-order valence-corrected chi connectivity index (χ4v) is 2.17. The van der Waals surface area contributed by atoms with Gasteiger partial charge in [-0.25, -0.2) is 0 Å². The lowest BCUT2D eigenvalue weighted by molar-refractivity contribution is 0.315. The van der Waals surface area contributed by atoms with Gasteiger partial charge in [-0.3, -0.25) is 0 Å². The monoisotopic (exact) mass is 234 g/mol. The van der Waals surface area contributed by atoms with E-state index in [2.05, 4.69) is 29.6 Å². The number of rotatable bonds is 4. The first kappa shape index (κ1) is 11.2. The van der Waals surface area contributed by atoms with Crippen molar-refractivity contribution in [3.05, 3.63) is 24.3 Å². The van der Waals surface area contributed by atoms with Crippen LogP contribution in [0.5, 0.6) is 6.01 Å². The van der Waals surface area contributed by atoms with Crippen LogP contribution in [0, 0.1) is 0 Å². The molecule has 0 spiro atoms. The highest BCUT2D eigenvalue weighted by molar-refractivity contribution is 6.76. The summed E-state index contributed by atoms with van der Waals surface area (Å²) >= 11 is 0. The molecule has 1 N–H and O–H groups in total. The number of fused-ring (bicyclic) bond motifs is 1. The van der Waals surface area contributed by atoms with Crippen molar-refractivity contribution in [3.63, 3.8) is 0 Å². The highest BCUT2D eigenvalue weighted by Gasteiger charge is 2.13. The van der Waals surface area contributed by atoms with E-state index >= 15 is 0 Å². The Kier molecular flexibility index (Phi) is 3.00. The average Bonchev–Trinajstić information content (AvgIpc) is 2.57. The SMILES string of the molecule is C[Si](C)(C)CCOc1nc2ccccc2[nH]1. The highest BCUT2D eigenvalue weighted by Crippen LogP contribution is 2.16. The maximum Gasteiger partial charge on any atom is 0.294 e. The molecule has 0 saturated carbocycles. The van der Waals surface area contributed by atoms with Crippen LogP contribution < -0.4 is 4.74 Å². The van der Waals surface area contributed by atoms with Crippen molar-refractivity contribution >= 4 is 19.1 Å². The zero-order valence-corrected chi connectivity index (χ0v) is 11.1. The molecule has 1 aromatic carbocycles. The minimum absolute atomic E-state index is 0.638. The molecule has 2 aromatic rings. The molecule has 0 aliphatic heterocycles. The van der Waals surface area contributed by atoms with Crippen LogP contribution in [0.2, 0.25) is 25.7 Å². The van der Waals surface area contributed by atoms with Crippen LogP contribution in [-0.4, -0.2) is 24.6 Å². The lowest BCUT2D eigenvalue weighted by atomic mass is 10.3. The van der Waals surface area contributed by atoms with Gasteiger partial charge in [0.1, 0.15) is 0 Å². The third kappa shape index (κ3) is 2.85. The second-order valence-electron chi connectivity index (χ2n) is 5.22. The van der Waals surface area contributed by atoms with E-state index in [1.807, 2.05) is 24.3 Å². The van der Waals surface area contributed by atoms with Gasteiger partial charge in [-0.1, -0.05) is 31.8 Å². The molecule has 1 aromatic heterocycles. The molecule has 86 valence electrons. The van der Waals surface area contributed by atoms with Crippen molar-refractivity contribution in [2.24, 2.45) is 0 Å². The van der Waals surface area contributed by atoms with Crippen molar-refractivity contribution in [2.45, 2.75) is 25.7 Å². The summed E-state index contributed by atoms with van der Waals surface area (Å²) in [6.07, 6.45) is 0. The summed E-state index contributed by atoms with van der Waals surface area (Å²) in [5.74, 6) is 0. The molecular weight excluding hydrogens is 216 g/mol. The molecule has 0 aliphatic carbocycles. The summed E-state index contributed by atoms with van der Waals surface area (Å²) < 4.78 is 5.64. The number of hydrogen-bond acceptors (Lipinski definition) is 2. The summed E-state index contributed by atoms with van der Waals surface area (Å²) in [4.78, 5) is 7.53. The predicted molar refractivity (Wildman–Crippen MR) is 69.7 cm³/mol. The Hall–Kier alpha value is -1.29. The Morgan fingerprint density at radius 1 is 1.25 bits per heavy atom. The molecule has 0 atom stereocenters. The second kappa shape index (κ2) is 4.29. The van der Waals surface area contributed by atoms with Gasteiger partial charge >= 0.3 is 0 Å². The van der Waals surface area contributed by atoms with E-state index < -0.39 is 8.07 Å². The highest BCUT2D eigenvalue weighted by atomic mass is 28.3. The van der Waals surface area contributed by atoms with Gasteiger partial charge in [0.15, 0.2) is 0 Å². The number of aromatic nitrogens is 2. The third-order valence-corrected chi connectivity index (χ3v) is 4.16. The number of imidazole rings is 1. The van der Waals surface area contributed by atoms with Gasteiger partial charge in [-0.15, -0.1) is 0 Å². The quantitative estimate of drug-likeness (QED) is 0.824. The van der Waals surface area contributed by atoms with Crippen molar-refractivity contribution in [1.82, 2.24) is 9.97 Å². The van der Waals surface area contributed by atoms with Crippen LogP contribution in [0.1, 0.15) is 0 Å². The standard InChI is InChI=1S/C12H18N2OSi/c1-16(2,3)9-8-15-12-13-10-6-4-5-7-11(10)14-12/h4-7H,8-9H2,1-3H3,(H,13,14). The van der Waals surface area contributed by atoms with E-state index in [4.69, 9.17) is 4.74 Å². The van der Waals surface area contributed by atoms with Gasteiger partial charge in [0.2, 0.25) is 0 Å². The van der Waals surface area contributed by atoms with E-state index in [0.717, 1.165) is 23.7 Å². The van der Waals surface area contributed by atoms with Crippen molar-refractivity contribution in [2.75, 3.05) is 6.61 Å². The second-order valence-corrected chi connectivity index (χ2v) is 10.8. The van der Waals surface area contributed by atoms with Gasteiger partial charge in [0.05, 0.1) is 17.6 Å². The number of para-hydroxylation sites is 2. The molecule has 0 aliphatic rings. The number of ether oxygens (including phenoxy) is 1. The Morgan fingerprint density at radius 2 is 2.00 bits per heavy atom. The molecule has 0 saturated heterocycles. The van der Waals surface area contributed by atoms with Crippen LogP contribution >= 0.6 is 0 Å². The van der Waals surface area contributed by atoms with Crippen LogP contribution in [0.15, 0.2) is 24.3 Å². The lowest BCUT2D eigenvalue weighted by Crippen LogP contribution is -2.22. The Labute approximate surface area is 96.9 Å². The van der Waals surface area contributed by atoms with Crippen LogP contribution in [0.4, 0.5) is 0 Å². The zero-order valence-electron chi connectivity index (χ0n) is 10.1. The molecule has 16 heavy (non-hydrogen) atoms. The summed E-state index contributed by atoms with van der Waals surface area (Å²) in [6, 6.07) is 9.76. The summed E-state index contributed by atoms with van der Waals surface area (Å²) in [5.41, 5.74) is 2.00. The first-order valence-corrected chi connectivity index (χ1v) is 9.33. The summed E-state index contributed by atoms with van der Waals surface area (Å²) in [7, 11) is -1.02. The van der Waals surface area contributed by atoms with Crippen molar-refractivity contribution in [1.29, 1.82) is 0 Å². The molecule has 2 rings (SSSR count). The van der Waals surface area contributed by atoms with E-state index in [0.29, 0.717) is 6.01 Å². The molecule has 0 amide bonds. The number of H-pyrrole nitrogens is 1. The Morgan fingerprint density at radius 3 is 2.69 bits per heavy atom. The average molecular weight is 234 g/mol. The molecule has 1 heterocycles. The smallest absolute Gasteiger partial charge is 0.294 e. The van der Waals surface area contributed by atoms with E-state index in [1.165, 1.54) is 0 Å². The first-order valence-electron chi connectivity index (χ1n) is 5.62. The van der Waals surface area contributed by atoms with Crippen molar-refractivity contribution in [3.8, 4) is 6.01 Å². The van der Waals surface area contributed by atoms with Crippen LogP contribution in [0.3, 0.4) is 0 Å². The molecule has 3 nitrogen and oxygen atoms in total. The first-order chi connectivity index (χ1) is 7.54. The number of benzene rings is 1. The molecule has 4 heteroatoms. The largest absolute Gasteiger partial charge is 0.465 e. The Bertz CT molecular complexity index is 440. The van der Waals surface area contributed by atoms with Gasteiger partial charge < -0.3 is 9.72 Å². The maximum atomic E-state index is 5.64. The number of aromatic amines is 1. The van der Waals surface area contributed by atoms with Gasteiger partial charge in [0.25, 0.3) is 6.01 Å². The van der Waals surface area contributed by atoms with Crippen LogP contribution in [0.25, 0.3) is 11.0 Å². The topological polar surface area (TPSA) is 37.9 Å². The number of hydrogen-bond donors (Lipinski definition) is 1. The van der Waals surface area contributed by atoms with Crippen LogP contribution in [-0.2, 0) is 0 Å². The molecule has 0 bridgehead atoms. The predicted octanol–water partition coefficient (Wildman–Crippen LogP) is 3.28. The van der Waals surface area contributed by atoms with Gasteiger partial charge in [-0.05, 0) is 18.2 Å². The van der Waals surface area contributed by atoms with E-state index in [-0.39, 0.29) is 0 Å². The molecule has 0 unspecified atom stereocenters. The minimum Gasteiger partial charge on any atom is -0.465 e. The normalized spacial score (nSPS) is 11.9. The maximum absolute atomic E-state index is 5.64. The summed E-state index contributed by atoms with van der Waals surface area (Å²) in [5, 5.41) is 0. The van der Waals surface area contributed by atoms with E-state index in [1.54, 1.807) is 0 Å². The number of nitrogens with zero attached hydrogens (tertiary/aromatic N) is 1. The minimum atomic E-state index is -1.02. The van der Waals surface area contributed by atoms with E-state index in [9.17, 15) is 0 Å². The number of nitrogens with one attached hydrogen (secondary N) is 1. The summed E-state index contributed by atoms with van der Waals surface area (Å²) in [6.45, 7) is 7.79. The fourth-order valence-electron chi connectivity index (χ4n) is 1.45. The van der Waals surface area contributed by atoms with Crippen molar-refractivity contribution < 1.29 is 4.74 Å². The third-order valence-electron chi connectivity index (χ3n) is 2.46. The lowest BCUT2D eigenvalue weighted by Gasteiger charge is -2.14. The van der Waals surface area contributed by atoms with Gasteiger partial charge in [0, 0.05) is 8.07 Å². The fraction of sp³-hybridized carbons (Fsp3) is 0.417. The molecular formula is C12H18N2OSi. The zero-order chi connectivity index (χ0) is 11.6. The molecule has 0 radical (unpaired) electrons. The van der Waals surface area contributed by atoms with Gasteiger partial charge in [-0.2, -0.15) is 4.98 Å². The Balaban J connectivity index is 2.00.